The molecule has 0 fully saturated rings. The predicted molar refractivity (Wildman–Crippen MR) is 141 cm³/mol. The smallest absolute Gasteiger partial charge is 0.248 e. The molecule has 0 aliphatic rings. The van der Waals surface area contributed by atoms with Gasteiger partial charge in [0, 0.05) is 41.5 Å². The van der Waals surface area contributed by atoms with Crippen LogP contribution in [0.2, 0.25) is 10.0 Å². The van der Waals surface area contributed by atoms with Crippen LogP contribution < -0.4 is 15.6 Å². The van der Waals surface area contributed by atoms with E-state index >= 15 is 0 Å². The molecule has 0 saturated heterocycles. The van der Waals surface area contributed by atoms with Crippen LogP contribution in [0, 0.1) is 5.82 Å². The summed E-state index contributed by atoms with van der Waals surface area (Å²) in [6.07, 6.45) is 3.76. The molecule has 2 N–H and O–H groups in total. The van der Waals surface area contributed by atoms with Gasteiger partial charge in [-0.25, -0.2) is 14.4 Å². The third-order valence-corrected chi connectivity index (χ3v) is 6.57. The number of nitrogens with zero attached hydrogens (tertiary/aromatic N) is 4. The molecule has 0 spiro atoms. The van der Waals surface area contributed by atoms with Crippen molar-refractivity contribution in [2.24, 2.45) is 0 Å². The van der Waals surface area contributed by atoms with Crippen LogP contribution in [0.4, 0.5) is 10.2 Å². The van der Waals surface area contributed by atoms with Crippen molar-refractivity contribution in [1.82, 2.24) is 24.7 Å². The summed E-state index contributed by atoms with van der Waals surface area (Å²) in [5.41, 5.74) is 3.32. The summed E-state index contributed by atoms with van der Waals surface area (Å²) in [7, 11) is 1.40. The van der Waals surface area contributed by atoms with Crippen molar-refractivity contribution >= 4 is 40.1 Å². The third-order valence-electron chi connectivity index (χ3n) is 5.86. The van der Waals surface area contributed by atoms with Crippen molar-refractivity contribution < 1.29 is 9.13 Å². The lowest BCUT2D eigenvalue weighted by Gasteiger charge is -2.11. The quantitative estimate of drug-likeness (QED) is 0.281. The number of H-pyrrole nitrogens is 1. The number of hydrogen-bond donors (Lipinski definition) is 2. The molecular formula is C26H21Cl2FN6O2. The van der Waals surface area contributed by atoms with Gasteiger partial charge in [-0.3, -0.25) is 9.48 Å². The minimum absolute atomic E-state index is 0.108. The molecule has 3 aromatic heterocycles. The first-order chi connectivity index (χ1) is 17.9. The topological polar surface area (TPSA) is 97.7 Å². The lowest BCUT2D eigenvalue weighted by molar-refractivity contribution is 0.384. The van der Waals surface area contributed by atoms with Gasteiger partial charge in [0.25, 0.3) is 0 Å². The number of anilines is 1. The number of aromatic nitrogens is 5. The van der Waals surface area contributed by atoms with E-state index in [1.807, 2.05) is 30.5 Å². The number of nitrogens with one attached hydrogen (secondary N) is 2. The fourth-order valence-corrected chi connectivity index (χ4v) is 4.35. The molecule has 8 nitrogen and oxygen atoms in total. The van der Waals surface area contributed by atoms with Crippen LogP contribution >= 0.6 is 23.2 Å². The van der Waals surface area contributed by atoms with Gasteiger partial charge in [0.15, 0.2) is 17.2 Å². The Morgan fingerprint density at radius 2 is 1.78 bits per heavy atom. The van der Waals surface area contributed by atoms with Crippen molar-refractivity contribution in [3.05, 3.63) is 110 Å². The molecule has 5 rings (SSSR count). The number of ether oxygens (including phenoxy) is 1. The van der Waals surface area contributed by atoms with E-state index in [-0.39, 0.29) is 28.4 Å². The highest BCUT2D eigenvalue weighted by Gasteiger charge is 2.15. The summed E-state index contributed by atoms with van der Waals surface area (Å²) in [4.78, 5) is 22.9. The van der Waals surface area contributed by atoms with Gasteiger partial charge >= 0.3 is 0 Å². The van der Waals surface area contributed by atoms with E-state index in [0.29, 0.717) is 40.5 Å². The van der Waals surface area contributed by atoms with E-state index < -0.39 is 5.82 Å². The molecule has 0 aliphatic carbocycles. The monoisotopic (exact) mass is 538 g/mol. The number of benzene rings is 2. The highest BCUT2D eigenvalue weighted by atomic mass is 35.5. The molecule has 3 heterocycles. The molecule has 11 heteroatoms. The van der Waals surface area contributed by atoms with Crippen molar-refractivity contribution in [3.8, 4) is 5.75 Å². The predicted octanol–water partition coefficient (Wildman–Crippen LogP) is 5.22. The number of hydrogen-bond acceptors (Lipinski definition) is 6. The number of methoxy groups -OCH3 is 1. The third kappa shape index (κ3) is 5.42. The Morgan fingerprint density at radius 3 is 2.57 bits per heavy atom. The molecule has 0 amide bonds. The van der Waals surface area contributed by atoms with Gasteiger partial charge in [-0.15, -0.1) is 0 Å². The zero-order valence-electron chi connectivity index (χ0n) is 19.6. The average molecular weight is 539 g/mol. The lowest BCUT2D eigenvalue weighted by Crippen LogP contribution is -2.07. The summed E-state index contributed by atoms with van der Waals surface area (Å²) in [5, 5.41) is 9.18. The summed E-state index contributed by atoms with van der Waals surface area (Å²) >= 11 is 12.4. The second kappa shape index (κ2) is 10.6. The van der Waals surface area contributed by atoms with E-state index in [0.717, 1.165) is 11.1 Å². The normalized spacial score (nSPS) is 11.1. The number of aromatic amines is 1. The minimum atomic E-state index is -0.521. The Hall–Kier alpha value is -3.95. The van der Waals surface area contributed by atoms with Crippen molar-refractivity contribution in [2.75, 3.05) is 12.4 Å². The Kier molecular flexibility index (Phi) is 7.07. The van der Waals surface area contributed by atoms with Crippen LogP contribution in [-0.2, 0) is 19.5 Å². The molecule has 0 bridgehead atoms. The van der Waals surface area contributed by atoms with Gasteiger partial charge < -0.3 is 15.0 Å². The SMILES string of the molecule is COc1ccc(Cl)c(CNc2ncnc3nn(Cc4ccc(Cc5[nH]c(=O)ccc5Cl)cc4)cc23)c1F. The number of fused-ring (bicyclic) bond motifs is 1. The van der Waals surface area contributed by atoms with Crippen LogP contribution in [0.3, 0.4) is 0 Å². The van der Waals surface area contributed by atoms with E-state index in [1.54, 1.807) is 16.8 Å². The Labute approximate surface area is 221 Å². The molecule has 0 aliphatic heterocycles. The molecule has 37 heavy (non-hydrogen) atoms. The Balaban J connectivity index is 1.31. The van der Waals surface area contributed by atoms with Crippen LogP contribution in [0.15, 0.2) is 65.8 Å². The molecule has 5 aromatic rings. The van der Waals surface area contributed by atoms with E-state index in [9.17, 15) is 9.18 Å². The number of pyridine rings is 1. The zero-order valence-corrected chi connectivity index (χ0v) is 21.1. The Morgan fingerprint density at radius 1 is 1.03 bits per heavy atom. The standard InChI is InChI=1S/C26H21Cl2FN6O2/c1-37-22-8-6-19(27)17(24(22)29)11-30-25-18-13-35(34-26(18)32-14-31-25)12-16-4-2-15(3-5-16)10-21-20(28)7-9-23(36)33-21/h2-9,13-14H,10-12H2,1H3,(H,33,36)(H,30,31,32,34). The maximum atomic E-state index is 14.7. The van der Waals surface area contributed by atoms with Gasteiger partial charge in [-0.05, 0) is 29.3 Å². The summed E-state index contributed by atoms with van der Waals surface area (Å²) < 4.78 is 21.5. The maximum absolute atomic E-state index is 14.7. The second-order valence-electron chi connectivity index (χ2n) is 8.32. The average Bonchev–Trinajstić information content (AvgIpc) is 3.30. The molecule has 0 unspecified atom stereocenters. The first-order valence-electron chi connectivity index (χ1n) is 11.3. The summed E-state index contributed by atoms with van der Waals surface area (Å²) in [6.45, 7) is 0.618. The van der Waals surface area contributed by atoms with Gasteiger partial charge in [-0.2, -0.15) is 5.10 Å². The van der Waals surface area contributed by atoms with Gasteiger partial charge in [-0.1, -0.05) is 47.5 Å². The molecule has 188 valence electrons. The first kappa shape index (κ1) is 24.7. The Bertz CT molecular complexity index is 1640. The van der Waals surface area contributed by atoms with Crippen molar-refractivity contribution in [3.63, 3.8) is 0 Å². The van der Waals surface area contributed by atoms with E-state index in [1.165, 1.54) is 25.6 Å². The fraction of sp³-hybridized carbons (Fsp3) is 0.154. The molecule has 2 aromatic carbocycles. The lowest BCUT2D eigenvalue weighted by atomic mass is 10.1. The van der Waals surface area contributed by atoms with Crippen LogP contribution in [0.25, 0.3) is 11.0 Å². The maximum Gasteiger partial charge on any atom is 0.248 e. The van der Waals surface area contributed by atoms with Gasteiger partial charge in [0.1, 0.15) is 12.1 Å². The first-order valence-corrected chi connectivity index (χ1v) is 12.1. The fourth-order valence-electron chi connectivity index (χ4n) is 3.96. The zero-order chi connectivity index (χ0) is 25.9. The minimum Gasteiger partial charge on any atom is -0.494 e. The largest absolute Gasteiger partial charge is 0.494 e. The molecule has 0 saturated carbocycles. The van der Waals surface area contributed by atoms with Crippen LogP contribution in [0.1, 0.15) is 22.4 Å². The van der Waals surface area contributed by atoms with E-state index in [2.05, 4.69) is 25.4 Å². The number of rotatable bonds is 8. The summed E-state index contributed by atoms with van der Waals surface area (Å²) in [5.74, 6) is 0.111. The van der Waals surface area contributed by atoms with Crippen LogP contribution in [-0.4, -0.2) is 31.8 Å². The van der Waals surface area contributed by atoms with E-state index in [4.69, 9.17) is 27.9 Å². The van der Waals surface area contributed by atoms with Crippen molar-refractivity contribution in [1.29, 1.82) is 0 Å². The van der Waals surface area contributed by atoms with Crippen molar-refractivity contribution in [2.45, 2.75) is 19.5 Å². The van der Waals surface area contributed by atoms with Crippen LogP contribution in [0.5, 0.6) is 5.75 Å². The van der Waals surface area contributed by atoms with Gasteiger partial charge in [0.05, 0.1) is 24.1 Å². The van der Waals surface area contributed by atoms with Gasteiger partial charge in [0.2, 0.25) is 5.56 Å². The molecule has 0 radical (unpaired) electrons. The summed E-state index contributed by atoms with van der Waals surface area (Å²) in [6, 6.07) is 14.0. The molecule has 0 atom stereocenters. The highest BCUT2D eigenvalue weighted by Crippen LogP contribution is 2.28. The molecular weight excluding hydrogens is 518 g/mol. The highest BCUT2D eigenvalue weighted by molar-refractivity contribution is 6.31. The number of halogens is 3. The second-order valence-corrected chi connectivity index (χ2v) is 9.14.